The number of hydrogen-bond acceptors (Lipinski definition) is 5. The van der Waals surface area contributed by atoms with Crippen molar-refractivity contribution in [1.82, 2.24) is 10.6 Å². The van der Waals surface area contributed by atoms with Gasteiger partial charge in [0.05, 0.1) is 0 Å². The number of esters is 1. The molecular weight excluding hydrogens is 392 g/mol. The smallest absolute Gasteiger partial charge is 0.407 e. The summed E-state index contributed by atoms with van der Waals surface area (Å²) >= 11 is 0. The van der Waals surface area contributed by atoms with E-state index in [0.717, 1.165) is 37.8 Å². The highest BCUT2D eigenvalue weighted by molar-refractivity contribution is 5.78. The second kappa shape index (κ2) is 11.0. The number of amides is 1. The van der Waals surface area contributed by atoms with Crippen LogP contribution in [0.25, 0.3) is 0 Å². The van der Waals surface area contributed by atoms with Crippen LogP contribution in [0.4, 0.5) is 4.79 Å². The minimum atomic E-state index is -0.523. The van der Waals surface area contributed by atoms with Crippen LogP contribution in [-0.4, -0.2) is 36.4 Å². The lowest BCUT2D eigenvalue weighted by Gasteiger charge is -2.31. The maximum Gasteiger partial charge on any atom is 0.407 e. The molecule has 1 unspecified atom stereocenters. The van der Waals surface area contributed by atoms with Gasteiger partial charge in [-0.2, -0.15) is 0 Å². The zero-order valence-corrected chi connectivity index (χ0v) is 20.0. The Bertz CT molecular complexity index is 698. The summed E-state index contributed by atoms with van der Waals surface area (Å²) in [6.07, 6.45) is 3.92. The quantitative estimate of drug-likeness (QED) is 0.594. The highest BCUT2D eigenvalue weighted by atomic mass is 16.6. The minimum absolute atomic E-state index is 0.242. The van der Waals surface area contributed by atoms with Crippen molar-refractivity contribution in [2.75, 3.05) is 13.1 Å². The minimum Gasteiger partial charge on any atom is -0.459 e. The van der Waals surface area contributed by atoms with Gasteiger partial charge in [-0.05, 0) is 91.2 Å². The summed E-state index contributed by atoms with van der Waals surface area (Å²) < 4.78 is 11.0. The van der Waals surface area contributed by atoms with E-state index >= 15 is 0 Å². The fourth-order valence-electron chi connectivity index (χ4n) is 3.81. The molecule has 1 atom stereocenters. The number of nitrogens with one attached hydrogen (secondary N) is 2. The Balaban J connectivity index is 1.82. The highest BCUT2D eigenvalue weighted by Gasteiger charge is 2.28. The van der Waals surface area contributed by atoms with Gasteiger partial charge in [0.1, 0.15) is 17.2 Å². The number of rotatable bonds is 7. The third-order valence-electron chi connectivity index (χ3n) is 5.29. The fraction of sp³-hybridized carbons (Fsp3) is 0.680. The van der Waals surface area contributed by atoms with Gasteiger partial charge in [-0.1, -0.05) is 30.3 Å². The van der Waals surface area contributed by atoms with E-state index in [4.69, 9.17) is 9.47 Å². The molecule has 1 fully saturated rings. The Labute approximate surface area is 187 Å². The molecule has 6 nitrogen and oxygen atoms in total. The summed E-state index contributed by atoms with van der Waals surface area (Å²) in [5.41, 5.74) is -0.0750. The van der Waals surface area contributed by atoms with Crippen LogP contribution in [0.2, 0.25) is 0 Å². The molecule has 0 aromatic heterocycles. The number of carbonyl (C=O) groups excluding carboxylic acids is 2. The average molecular weight is 433 g/mol. The third kappa shape index (κ3) is 9.72. The van der Waals surface area contributed by atoms with Gasteiger partial charge in [-0.25, -0.2) is 9.59 Å². The van der Waals surface area contributed by atoms with E-state index in [0.29, 0.717) is 18.4 Å². The number of carbonyl (C=O) groups is 2. The molecule has 1 aromatic rings. The molecule has 0 aliphatic heterocycles. The van der Waals surface area contributed by atoms with Crippen LogP contribution in [0.3, 0.4) is 0 Å². The van der Waals surface area contributed by atoms with Gasteiger partial charge >= 0.3 is 12.1 Å². The summed E-state index contributed by atoms with van der Waals surface area (Å²) in [7, 11) is 0. The second-order valence-electron chi connectivity index (χ2n) is 10.6. The number of benzene rings is 1. The van der Waals surface area contributed by atoms with E-state index in [1.54, 1.807) is 0 Å². The van der Waals surface area contributed by atoms with Crippen LogP contribution < -0.4 is 10.6 Å². The molecule has 6 heteroatoms. The number of hydrogen-bond donors (Lipinski definition) is 2. The zero-order chi connectivity index (χ0) is 23.1. The van der Waals surface area contributed by atoms with Crippen LogP contribution >= 0.6 is 0 Å². The van der Waals surface area contributed by atoms with Crippen LogP contribution in [0.15, 0.2) is 30.3 Å². The summed E-state index contributed by atoms with van der Waals surface area (Å²) in [5.74, 6) is 0.736. The van der Waals surface area contributed by atoms with Crippen LogP contribution in [-0.2, 0) is 14.3 Å². The fourth-order valence-corrected chi connectivity index (χ4v) is 3.81. The maximum absolute atomic E-state index is 12.8. The summed E-state index contributed by atoms with van der Waals surface area (Å²) in [6.45, 7) is 12.7. The van der Waals surface area contributed by atoms with Crippen molar-refractivity contribution in [2.45, 2.75) is 84.5 Å². The molecule has 0 heterocycles. The number of alkyl carbamates (subject to hydrolysis) is 1. The molecule has 1 aliphatic rings. The second-order valence-corrected chi connectivity index (χ2v) is 10.6. The van der Waals surface area contributed by atoms with E-state index in [-0.39, 0.29) is 12.1 Å². The van der Waals surface area contributed by atoms with Crippen molar-refractivity contribution < 1.29 is 19.1 Å². The van der Waals surface area contributed by atoms with Gasteiger partial charge in [0.2, 0.25) is 0 Å². The topological polar surface area (TPSA) is 76.7 Å². The number of ether oxygens (including phenoxy) is 2. The zero-order valence-electron chi connectivity index (χ0n) is 20.0. The Morgan fingerprint density at radius 2 is 1.39 bits per heavy atom. The SMILES string of the molecule is CC(C)(C)OC(=O)NCC1CCC(CNC(C(=O)OC(C)(C)C)c2ccccc2)CC1. The first-order valence-corrected chi connectivity index (χ1v) is 11.4. The molecule has 2 N–H and O–H groups in total. The molecule has 0 radical (unpaired) electrons. The van der Waals surface area contributed by atoms with Crippen LogP contribution in [0, 0.1) is 11.8 Å². The molecule has 0 bridgehead atoms. The highest BCUT2D eigenvalue weighted by Crippen LogP contribution is 2.29. The Morgan fingerprint density at radius 3 is 1.90 bits per heavy atom. The van der Waals surface area contributed by atoms with Crippen molar-refractivity contribution in [3.63, 3.8) is 0 Å². The third-order valence-corrected chi connectivity index (χ3v) is 5.29. The molecule has 31 heavy (non-hydrogen) atoms. The summed E-state index contributed by atoms with van der Waals surface area (Å²) in [6, 6.07) is 9.28. The van der Waals surface area contributed by atoms with Gasteiger partial charge in [-0.3, -0.25) is 0 Å². The van der Waals surface area contributed by atoms with Crippen molar-refractivity contribution in [3.8, 4) is 0 Å². The lowest BCUT2D eigenvalue weighted by Crippen LogP contribution is -2.39. The van der Waals surface area contributed by atoms with Gasteiger partial charge in [0.25, 0.3) is 0 Å². The van der Waals surface area contributed by atoms with Gasteiger partial charge < -0.3 is 20.1 Å². The lowest BCUT2D eigenvalue weighted by molar-refractivity contribution is -0.157. The molecular formula is C25H40N2O4. The van der Waals surface area contributed by atoms with E-state index < -0.39 is 17.2 Å². The van der Waals surface area contributed by atoms with Crippen LogP contribution in [0.5, 0.6) is 0 Å². The van der Waals surface area contributed by atoms with E-state index in [1.165, 1.54) is 0 Å². The van der Waals surface area contributed by atoms with Crippen molar-refractivity contribution in [1.29, 1.82) is 0 Å². The van der Waals surface area contributed by atoms with Crippen LogP contribution in [0.1, 0.15) is 78.8 Å². The molecule has 1 aliphatic carbocycles. The molecule has 1 amide bonds. The van der Waals surface area contributed by atoms with Crippen molar-refractivity contribution in [3.05, 3.63) is 35.9 Å². The maximum atomic E-state index is 12.8. The predicted octanol–water partition coefficient (Wildman–Crippen LogP) is 4.99. The largest absolute Gasteiger partial charge is 0.459 e. The van der Waals surface area contributed by atoms with Gasteiger partial charge in [-0.15, -0.1) is 0 Å². The standard InChI is InChI=1S/C25H40N2O4/c1-24(2,3)30-22(28)21(20-10-8-7-9-11-20)26-16-18-12-14-19(15-13-18)17-27-23(29)31-25(4,5)6/h7-11,18-19,21,26H,12-17H2,1-6H3,(H,27,29). The summed E-state index contributed by atoms with van der Waals surface area (Å²) in [5, 5.41) is 6.35. The van der Waals surface area contributed by atoms with Crippen molar-refractivity contribution in [2.24, 2.45) is 11.8 Å². The Kier molecular flexibility index (Phi) is 8.92. The van der Waals surface area contributed by atoms with E-state index in [1.807, 2.05) is 71.9 Å². The molecule has 0 saturated heterocycles. The molecule has 174 valence electrons. The first-order valence-electron chi connectivity index (χ1n) is 11.4. The monoisotopic (exact) mass is 432 g/mol. The van der Waals surface area contributed by atoms with Gasteiger partial charge in [0, 0.05) is 6.54 Å². The first kappa shape index (κ1) is 25.2. The predicted molar refractivity (Wildman–Crippen MR) is 123 cm³/mol. The average Bonchev–Trinajstić information content (AvgIpc) is 2.65. The van der Waals surface area contributed by atoms with Gasteiger partial charge in [0.15, 0.2) is 0 Å². The Morgan fingerprint density at radius 1 is 0.871 bits per heavy atom. The molecule has 1 aromatic carbocycles. The first-order chi connectivity index (χ1) is 14.4. The molecule has 0 spiro atoms. The van der Waals surface area contributed by atoms with Crippen molar-refractivity contribution >= 4 is 12.1 Å². The molecule has 1 saturated carbocycles. The molecule has 2 rings (SSSR count). The lowest BCUT2D eigenvalue weighted by atomic mass is 9.82. The van der Waals surface area contributed by atoms with E-state index in [9.17, 15) is 9.59 Å². The Hall–Kier alpha value is -2.08. The summed E-state index contributed by atoms with van der Waals surface area (Å²) in [4.78, 5) is 24.6. The normalized spacial score (nSPS) is 20.6. The van der Waals surface area contributed by atoms with E-state index in [2.05, 4.69) is 10.6 Å².